The zero-order chi connectivity index (χ0) is 42.6. The van der Waals surface area contributed by atoms with Crippen LogP contribution < -0.4 is 0 Å². The number of hydrogen-bond acceptors (Lipinski definition) is 12. The minimum absolute atomic E-state index is 0.119. The summed E-state index contributed by atoms with van der Waals surface area (Å²) in [5.74, 6) is 5.65. The van der Waals surface area contributed by atoms with Crippen LogP contribution in [0.2, 0.25) is 0 Å². The molecular weight excluding hydrogens is 900 g/mol. The molecule has 6 rings (SSSR count). The Morgan fingerprint density at radius 1 is 0.712 bits per heavy atom. The molecule has 59 heavy (non-hydrogen) atoms. The fourth-order valence-electron chi connectivity index (χ4n) is 6.95. The van der Waals surface area contributed by atoms with Crippen LogP contribution in [0.1, 0.15) is 99.2 Å². The van der Waals surface area contributed by atoms with Crippen molar-refractivity contribution in [3.63, 3.8) is 0 Å². The first kappa shape index (κ1) is 48.8. The van der Waals surface area contributed by atoms with Gasteiger partial charge in [0.15, 0.2) is 0 Å². The number of ether oxygens (including phenoxy) is 4. The number of thiol groups is 1. The highest BCUT2D eigenvalue weighted by Gasteiger charge is 2.25. The summed E-state index contributed by atoms with van der Waals surface area (Å²) in [7, 11) is 0. The van der Waals surface area contributed by atoms with Gasteiger partial charge in [-0.1, -0.05) is 70.8 Å². The molecule has 2 fully saturated rings. The predicted octanol–water partition coefficient (Wildman–Crippen LogP) is 11.3. The van der Waals surface area contributed by atoms with Gasteiger partial charge in [-0.15, -0.1) is 11.8 Å². The number of esters is 2. The molecule has 13 heteroatoms. The predicted molar refractivity (Wildman–Crippen MR) is 247 cm³/mol. The van der Waals surface area contributed by atoms with Crippen molar-refractivity contribution in [2.24, 2.45) is 11.8 Å². The molecular formula is C46H63IN2O8S2. The molecule has 0 aliphatic heterocycles. The minimum atomic E-state index is -0.258. The largest absolute Gasteiger partial charge is 0.465 e. The van der Waals surface area contributed by atoms with E-state index in [1.165, 1.54) is 54.1 Å². The van der Waals surface area contributed by atoms with E-state index in [0.717, 1.165) is 58.5 Å². The third-order valence-electron chi connectivity index (χ3n) is 10.3. The van der Waals surface area contributed by atoms with Crippen molar-refractivity contribution in [2.45, 2.75) is 118 Å². The first-order chi connectivity index (χ1) is 28.5. The van der Waals surface area contributed by atoms with Crippen LogP contribution in [-0.4, -0.2) is 69.0 Å². The van der Waals surface area contributed by atoms with Gasteiger partial charge < -0.3 is 27.8 Å². The van der Waals surface area contributed by atoms with Crippen molar-refractivity contribution >= 4 is 58.9 Å². The number of carbonyl (C=O) groups is 2. The number of carbonyl (C=O) groups excluding carboxylic acids is 2. The lowest BCUT2D eigenvalue weighted by molar-refractivity contribution is -0.140. The monoisotopic (exact) mass is 962 g/mol. The number of aryl methyl sites for hydroxylation is 4. The molecule has 4 unspecified atom stereocenters. The maximum absolute atomic E-state index is 11.5. The highest BCUT2D eigenvalue weighted by Crippen LogP contribution is 2.31. The summed E-state index contributed by atoms with van der Waals surface area (Å²) in [6.45, 7) is 13.6. The first-order valence-electron chi connectivity index (χ1n) is 20.9. The van der Waals surface area contributed by atoms with Gasteiger partial charge in [-0.2, -0.15) is 12.6 Å². The zero-order valence-corrected chi connectivity index (χ0v) is 39.5. The fourth-order valence-corrected chi connectivity index (χ4v) is 8.85. The molecule has 2 aliphatic carbocycles. The number of aromatic nitrogens is 2. The van der Waals surface area contributed by atoms with Gasteiger partial charge in [0.1, 0.15) is 22.9 Å². The maximum atomic E-state index is 11.5. The number of benzene rings is 2. The van der Waals surface area contributed by atoms with Gasteiger partial charge >= 0.3 is 11.9 Å². The molecule has 0 saturated heterocycles. The van der Waals surface area contributed by atoms with Crippen molar-refractivity contribution in [1.29, 1.82) is 0 Å². The molecule has 2 aliphatic rings. The Morgan fingerprint density at radius 3 is 1.61 bits per heavy atom. The summed E-state index contributed by atoms with van der Waals surface area (Å²) < 4.78 is 34.7. The average Bonchev–Trinajstić information content (AvgIpc) is 3.81. The molecule has 0 radical (unpaired) electrons. The van der Waals surface area contributed by atoms with E-state index in [4.69, 9.17) is 23.0 Å². The van der Waals surface area contributed by atoms with Gasteiger partial charge in [-0.05, 0) is 122 Å². The minimum Gasteiger partial charge on any atom is -0.465 e. The molecule has 2 heterocycles. The molecule has 10 nitrogen and oxygen atoms in total. The number of thioether (sulfide) groups is 1. The lowest BCUT2D eigenvalue weighted by Crippen LogP contribution is -2.24. The van der Waals surface area contributed by atoms with E-state index < -0.39 is 0 Å². The molecule has 0 bridgehead atoms. The van der Waals surface area contributed by atoms with Crippen LogP contribution in [0.25, 0.3) is 22.9 Å². The molecule has 4 atom stereocenters. The van der Waals surface area contributed by atoms with Crippen LogP contribution in [0, 0.1) is 39.5 Å². The quantitative estimate of drug-likeness (QED) is 0.0500. The molecule has 324 valence electrons. The van der Waals surface area contributed by atoms with Crippen LogP contribution >= 0.6 is 47.0 Å². The molecule has 2 aromatic heterocycles. The second kappa shape index (κ2) is 26.5. The number of halogens is 1. The number of oxazole rings is 2. The van der Waals surface area contributed by atoms with Gasteiger partial charge in [0.05, 0.1) is 50.1 Å². The maximum Gasteiger partial charge on any atom is 0.315 e. The Balaban J connectivity index is 0.000000229. The van der Waals surface area contributed by atoms with Gasteiger partial charge in [-0.25, -0.2) is 9.97 Å². The van der Waals surface area contributed by atoms with E-state index in [2.05, 4.69) is 100 Å². The Hall–Kier alpha value is -2.85. The normalized spacial score (nSPS) is 18.8. The SMILES string of the molecule is CCOC(=O)CS.CCOC(=O)CSCC1CCCC(OCc2nc(-c3ccc(C)cc3)oc2C)C1.Cc1ccc(-c2nc(COC3CCCC(CI)C3)c(C)o2)cc1. The lowest BCUT2D eigenvalue weighted by atomic mass is 9.88. The van der Waals surface area contributed by atoms with Crippen LogP contribution in [0.15, 0.2) is 57.4 Å². The van der Waals surface area contributed by atoms with E-state index in [-0.39, 0.29) is 23.8 Å². The molecule has 2 aromatic carbocycles. The summed E-state index contributed by atoms with van der Waals surface area (Å²) >= 11 is 7.84. The number of rotatable bonds is 16. The molecule has 0 spiro atoms. The van der Waals surface area contributed by atoms with E-state index in [1.807, 2.05) is 32.9 Å². The number of alkyl halides is 1. The van der Waals surface area contributed by atoms with Gasteiger partial charge in [0.25, 0.3) is 0 Å². The topological polar surface area (TPSA) is 123 Å². The van der Waals surface area contributed by atoms with Crippen molar-refractivity contribution in [3.8, 4) is 22.9 Å². The summed E-state index contributed by atoms with van der Waals surface area (Å²) in [5.41, 5.74) is 6.26. The Morgan fingerprint density at radius 2 is 1.17 bits per heavy atom. The smallest absolute Gasteiger partial charge is 0.315 e. The Kier molecular flexibility index (Phi) is 21.9. The second-order valence-electron chi connectivity index (χ2n) is 15.1. The Labute approximate surface area is 374 Å². The summed E-state index contributed by atoms with van der Waals surface area (Å²) in [6, 6.07) is 16.5. The van der Waals surface area contributed by atoms with E-state index in [1.54, 1.807) is 18.7 Å². The number of nitrogens with zero attached hydrogens (tertiary/aromatic N) is 2. The highest BCUT2D eigenvalue weighted by atomic mass is 127. The average molecular weight is 963 g/mol. The number of hydrogen-bond donors (Lipinski definition) is 1. The fraction of sp³-hybridized carbons (Fsp3) is 0.565. The van der Waals surface area contributed by atoms with Crippen LogP contribution in [0.5, 0.6) is 0 Å². The second-order valence-corrected chi connectivity index (χ2v) is 17.4. The molecule has 0 N–H and O–H groups in total. The Bertz CT molecular complexity index is 1830. The summed E-state index contributed by atoms with van der Waals surface area (Å²) in [6.07, 6.45) is 10.1. The molecule has 4 aromatic rings. The van der Waals surface area contributed by atoms with Gasteiger partial charge in [0.2, 0.25) is 11.8 Å². The summed E-state index contributed by atoms with van der Waals surface area (Å²) in [5, 5.41) is 0. The summed E-state index contributed by atoms with van der Waals surface area (Å²) in [4.78, 5) is 30.9. The first-order valence-corrected chi connectivity index (χ1v) is 24.2. The van der Waals surface area contributed by atoms with Gasteiger partial charge in [-0.3, -0.25) is 9.59 Å². The van der Waals surface area contributed by atoms with Gasteiger partial charge in [0, 0.05) is 15.6 Å². The van der Waals surface area contributed by atoms with Crippen LogP contribution in [-0.2, 0) is 41.8 Å². The van der Waals surface area contributed by atoms with E-state index >= 15 is 0 Å². The standard InChI is InChI=1S/C23H31NO4S.C19H24INO2.C4H8O2S/c1-4-26-22(25)15-29-14-18-6-5-7-20(12-18)27-13-21-17(3)28-23(24-21)19-10-8-16(2)9-11-19;1-13-6-8-16(9-7-13)19-21-18(14(2)23-19)12-22-17-5-3-4-15(10-17)11-20;1-2-6-4(5)3-7/h8-11,18,20H,4-7,12-15H2,1-3H3;6-9,15,17H,3-5,10-12H2,1-2H3;7H,2-3H2,1H3. The third-order valence-corrected chi connectivity index (χ3v) is 12.9. The zero-order valence-electron chi connectivity index (χ0n) is 35.6. The molecule has 0 amide bonds. The lowest BCUT2D eigenvalue weighted by Gasteiger charge is -2.28. The van der Waals surface area contributed by atoms with Crippen LogP contribution in [0.3, 0.4) is 0 Å². The third kappa shape index (κ3) is 17.2. The van der Waals surface area contributed by atoms with E-state index in [0.29, 0.717) is 56.0 Å². The van der Waals surface area contributed by atoms with Crippen molar-refractivity contribution in [2.75, 3.05) is 34.9 Å². The highest BCUT2D eigenvalue weighted by molar-refractivity contribution is 14.1. The van der Waals surface area contributed by atoms with Crippen molar-refractivity contribution in [3.05, 3.63) is 82.6 Å². The van der Waals surface area contributed by atoms with Crippen LogP contribution in [0.4, 0.5) is 0 Å². The van der Waals surface area contributed by atoms with E-state index in [9.17, 15) is 9.59 Å². The molecule has 2 saturated carbocycles. The van der Waals surface area contributed by atoms with Crippen molar-refractivity contribution < 1.29 is 37.4 Å². The van der Waals surface area contributed by atoms with Crippen molar-refractivity contribution in [1.82, 2.24) is 9.97 Å².